The Morgan fingerprint density at radius 2 is 2.00 bits per heavy atom. The van der Waals surface area contributed by atoms with Gasteiger partial charge in [0.2, 0.25) is 0 Å². The van der Waals surface area contributed by atoms with Crippen LogP contribution >= 0.6 is 0 Å². The molecule has 3 aromatic heterocycles. The smallest absolute Gasteiger partial charge is 0.270 e. The van der Waals surface area contributed by atoms with Gasteiger partial charge >= 0.3 is 0 Å². The molecule has 27 heavy (non-hydrogen) atoms. The number of carbonyl (C=O) groups excluding carboxylic acids is 1. The fraction of sp³-hybridized carbons (Fsp3) is 0.350. The van der Waals surface area contributed by atoms with E-state index in [1.807, 2.05) is 42.2 Å². The summed E-state index contributed by atoms with van der Waals surface area (Å²) in [6, 6.07) is 6.17. The Balaban J connectivity index is 1.35. The lowest BCUT2D eigenvalue weighted by atomic mass is 9.91. The molecule has 7 heteroatoms. The molecular weight excluding hydrogens is 340 g/mol. The van der Waals surface area contributed by atoms with Gasteiger partial charge in [-0.2, -0.15) is 5.10 Å². The number of carbonyl (C=O) groups is 1. The molecule has 3 aromatic rings. The molecule has 138 valence electrons. The van der Waals surface area contributed by atoms with Crippen molar-refractivity contribution in [2.75, 3.05) is 0 Å². The highest BCUT2D eigenvalue weighted by molar-refractivity contribution is 5.93. The number of aryl methyl sites for hydroxylation is 1. The lowest BCUT2D eigenvalue weighted by Gasteiger charge is -2.29. The van der Waals surface area contributed by atoms with Crippen molar-refractivity contribution in [3.05, 3.63) is 60.6 Å². The number of nitrogens with zero attached hydrogens (tertiary/aromatic N) is 5. The largest absolute Gasteiger partial charge is 0.348 e. The first kappa shape index (κ1) is 17.3. The van der Waals surface area contributed by atoms with Gasteiger partial charge in [-0.25, -0.2) is 9.97 Å². The van der Waals surface area contributed by atoms with Crippen LogP contribution in [0.2, 0.25) is 0 Å². The predicted octanol–water partition coefficient (Wildman–Crippen LogP) is 2.96. The minimum atomic E-state index is -0.0818. The van der Waals surface area contributed by atoms with Crippen molar-refractivity contribution in [3.8, 4) is 11.3 Å². The van der Waals surface area contributed by atoms with Gasteiger partial charge in [-0.05, 0) is 50.3 Å². The molecule has 3 heterocycles. The number of amides is 1. The van der Waals surface area contributed by atoms with Gasteiger partial charge in [-0.3, -0.25) is 14.5 Å². The van der Waals surface area contributed by atoms with Gasteiger partial charge in [0.05, 0.1) is 17.9 Å². The molecule has 0 aliphatic heterocycles. The standard InChI is InChI=1S/C20H22N6O/c1-14-3-2-9-22-19(14)20(27)25-16-4-6-17(7-5-16)26-12-15(11-24-26)18-8-10-21-13-23-18/h2-3,8-13,16-17H,4-7H2,1H3,(H,25,27). The van der Waals surface area contributed by atoms with E-state index in [1.54, 1.807) is 18.7 Å². The molecule has 0 unspecified atom stereocenters. The molecule has 0 aromatic carbocycles. The highest BCUT2D eigenvalue weighted by atomic mass is 16.1. The Morgan fingerprint density at radius 1 is 1.15 bits per heavy atom. The summed E-state index contributed by atoms with van der Waals surface area (Å²) in [6.45, 7) is 1.91. The van der Waals surface area contributed by atoms with Crippen molar-refractivity contribution in [3.63, 3.8) is 0 Å². The highest BCUT2D eigenvalue weighted by Gasteiger charge is 2.25. The minimum Gasteiger partial charge on any atom is -0.348 e. The molecule has 1 amide bonds. The van der Waals surface area contributed by atoms with E-state index in [1.165, 1.54) is 0 Å². The molecule has 4 rings (SSSR count). The molecule has 1 fully saturated rings. The zero-order chi connectivity index (χ0) is 18.6. The summed E-state index contributed by atoms with van der Waals surface area (Å²) in [5.41, 5.74) is 3.29. The maximum Gasteiger partial charge on any atom is 0.270 e. The van der Waals surface area contributed by atoms with Crippen LogP contribution in [-0.4, -0.2) is 36.7 Å². The van der Waals surface area contributed by atoms with E-state index in [4.69, 9.17) is 0 Å². The maximum atomic E-state index is 12.4. The van der Waals surface area contributed by atoms with Crippen molar-refractivity contribution in [2.45, 2.75) is 44.7 Å². The molecule has 7 nitrogen and oxygen atoms in total. The molecule has 1 saturated carbocycles. The Bertz CT molecular complexity index is 915. The van der Waals surface area contributed by atoms with Crippen molar-refractivity contribution >= 4 is 5.91 Å². The average Bonchev–Trinajstić information content (AvgIpc) is 3.20. The lowest BCUT2D eigenvalue weighted by molar-refractivity contribution is 0.0916. The Labute approximate surface area is 157 Å². The van der Waals surface area contributed by atoms with E-state index in [2.05, 4.69) is 25.4 Å². The van der Waals surface area contributed by atoms with Gasteiger partial charge in [0.15, 0.2) is 0 Å². The van der Waals surface area contributed by atoms with Gasteiger partial charge in [0, 0.05) is 30.2 Å². The molecule has 0 atom stereocenters. The zero-order valence-electron chi connectivity index (χ0n) is 15.2. The van der Waals surface area contributed by atoms with Crippen LogP contribution in [0, 0.1) is 6.92 Å². The third-order valence-corrected chi connectivity index (χ3v) is 5.11. The van der Waals surface area contributed by atoms with Crippen LogP contribution in [0.5, 0.6) is 0 Å². The van der Waals surface area contributed by atoms with E-state index in [0.717, 1.165) is 42.5 Å². The van der Waals surface area contributed by atoms with Crippen LogP contribution in [0.25, 0.3) is 11.3 Å². The monoisotopic (exact) mass is 362 g/mol. The fourth-order valence-corrected chi connectivity index (χ4v) is 3.59. The van der Waals surface area contributed by atoms with Gasteiger partial charge < -0.3 is 5.32 Å². The van der Waals surface area contributed by atoms with Crippen LogP contribution < -0.4 is 5.32 Å². The summed E-state index contributed by atoms with van der Waals surface area (Å²) in [7, 11) is 0. The average molecular weight is 362 g/mol. The second-order valence-corrected chi connectivity index (χ2v) is 6.95. The minimum absolute atomic E-state index is 0.0818. The van der Waals surface area contributed by atoms with Crippen molar-refractivity contribution in [1.29, 1.82) is 0 Å². The quantitative estimate of drug-likeness (QED) is 0.771. The summed E-state index contributed by atoms with van der Waals surface area (Å²) in [5.74, 6) is -0.0818. The summed E-state index contributed by atoms with van der Waals surface area (Å²) >= 11 is 0. The van der Waals surface area contributed by atoms with Crippen LogP contribution in [0.3, 0.4) is 0 Å². The van der Waals surface area contributed by atoms with E-state index < -0.39 is 0 Å². The Hall–Kier alpha value is -3.09. The summed E-state index contributed by atoms with van der Waals surface area (Å²) in [6.07, 6.45) is 12.7. The second-order valence-electron chi connectivity index (χ2n) is 6.95. The van der Waals surface area contributed by atoms with Gasteiger partial charge in [0.25, 0.3) is 5.91 Å². The van der Waals surface area contributed by atoms with E-state index in [-0.39, 0.29) is 11.9 Å². The molecule has 1 N–H and O–H groups in total. The van der Waals surface area contributed by atoms with Crippen molar-refractivity contribution < 1.29 is 4.79 Å². The van der Waals surface area contributed by atoms with E-state index >= 15 is 0 Å². The van der Waals surface area contributed by atoms with Gasteiger partial charge in [-0.15, -0.1) is 0 Å². The highest BCUT2D eigenvalue weighted by Crippen LogP contribution is 2.29. The molecular formula is C20H22N6O. The van der Waals surface area contributed by atoms with Crippen molar-refractivity contribution in [2.24, 2.45) is 0 Å². The number of aromatic nitrogens is 5. The molecule has 0 bridgehead atoms. The molecule has 1 aliphatic rings. The third kappa shape index (κ3) is 3.86. The number of pyridine rings is 1. The lowest BCUT2D eigenvalue weighted by Crippen LogP contribution is -2.38. The van der Waals surface area contributed by atoms with Gasteiger partial charge in [-0.1, -0.05) is 6.07 Å². The van der Waals surface area contributed by atoms with Crippen LogP contribution in [0.1, 0.15) is 47.8 Å². The molecule has 0 spiro atoms. The topological polar surface area (TPSA) is 85.6 Å². The van der Waals surface area contributed by atoms with E-state index in [0.29, 0.717) is 11.7 Å². The third-order valence-electron chi connectivity index (χ3n) is 5.11. The normalized spacial score (nSPS) is 19.6. The maximum absolute atomic E-state index is 12.4. The first-order chi connectivity index (χ1) is 13.2. The molecule has 0 saturated heterocycles. The van der Waals surface area contributed by atoms with Crippen LogP contribution in [-0.2, 0) is 0 Å². The number of nitrogens with one attached hydrogen (secondary N) is 1. The van der Waals surface area contributed by atoms with Crippen molar-refractivity contribution in [1.82, 2.24) is 30.0 Å². The fourth-order valence-electron chi connectivity index (χ4n) is 3.59. The summed E-state index contributed by atoms with van der Waals surface area (Å²) in [5, 5.41) is 7.65. The van der Waals surface area contributed by atoms with Crippen LogP contribution in [0.4, 0.5) is 0 Å². The van der Waals surface area contributed by atoms with E-state index in [9.17, 15) is 4.79 Å². The molecule has 0 radical (unpaired) electrons. The predicted molar refractivity (Wildman–Crippen MR) is 101 cm³/mol. The first-order valence-corrected chi connectivity index (χ1v) is 9.24. The van der Waals surface area contributed by atoms with Gasteiger partial charge in [0.1, 0.15) is 12.0 Å². The molecule has 1 aliphatic carbocycles. The zero-order valence-corrected chi connectivity index (χ0v) is 15.2. The number of hydrogen-bond donors (Lipinski definition) is 1. The van der Waals surface area contributed by atoms with Crippen LogP contribution in [0.15, 0.2) is 49.3 Å². The number of rotatable bonds is 4. The summed E-state index contributed by atoms with van der Waals surface area (Å²) < 4.78 is 2.03. The Kier molecular flexibility index (Phi) is 4.91. The first-order valence-electron chi connectivity index (χ1n) is 9.24. The SMILES string of the molecule is Cc1cccnc1C(=O)NC1CCC(n2cc(-c3ccncn3)cn2)CC1. The Morgan fingerprint density at radius 3 is 2.74 bits per heavy atom. The second kappa shape index (κ2) is 7.65. The number of hydrogen-bond acceptors (Lipinski definition) is 5. The summed E-state index contributed by atoms with van der Waals surface area (Å²) in [4.78, 5) is 24.9.